The van der Waals surface area contributed by atoms with Gasteiger partial charge in [0.25, 0.3) is 0 Å². The molecular formula is C22H22ClFN2O3. The van der Waals surface area contributed by atoms with Crippen molar-refractivity contribution in [3.05, 3.63) is 63.4 Å². The fraction of sp³-hybridized carbons (Fsp3) is 0.364. The van der Waals surface area contributed by atoms with Crippen LogP contribution in [0.2, 0.25) is 5.02 Å². The first kappa shape index (κ1) is 21.1. The summed E-state index contributed by atoms with van der Waals surface area (Å²) in [4.78, 5) is 12.6. The molecule has 5 nitrogen and oxygen atoms in total. The van der Waals surface area contributed by atoms with Crippen LogP contribution in [0, 0.1) is 17.1 Å². The number of carbonyl (C=O) groups is 1. The summed E-state index contributed by atoms with van der Waals surface area (Å²) in [6.07, 6.45) is 0.679. The molecule has 1 unspecified atom stereocenters. The Morgan fingerprint density at radius 2 is 2.10 bits per heavy atom. The van der Waals surface area contributed by atoms with E-state index in [1.807, 2.05) is 26.8 Å². The minimum absolute atomic E-state index is 0.0306. The van der Waals surface area contributed by atoms with Gasteiger partial charge in [-0.2, -0.15) is 5.26 Å². The Labute approximate surface area is 174 Å². The van der Waals surface area contributed by atoms with Crippen molar-refractivity contribution in [2.24, 2.45) is 0 Å². The van der Waals surface area contributed by atoms with E-state index in [2.05, 4.69) is 5.32 Å². The zero-order chi connectivity index (χ0) is 21.2. The first-order chi connectivity index (χ1) is 13.7. The number of carbonyl (C=O) groups excluding carboxylic acids is 1. The topological polar surface area (TPSA) is 71.3 Å². The lowest BCUT2D eigenvalue weighted by atomic mass is 9.93. The Morgan fingerprint density at radius 1 is 1.34 bits per heavy atom. The average molecular weight is 417 g/mol. The van der Waals surface area contributed by atoms with Crippen LogP contribution >= 0.6 is 11.6 Å². The van der Waals surface area contributed by atoms with E-state index in [-0.39, 0.29) is 18.1 Å². The number of halogens is 2. The van der Waals surface area contributed by atoms with E-state index in [9.17, 15) is 9.18 Å². The van der Waals surface area contributed by atoms with Gasteiger partial charge in [-0.1, -0.05) is 17.7 Å². The average Bonchev–Trinajstić information content (AvgIpc) is 2.65. The molecule has 7 heteroatoms. The highest BCUT2D eigenvalue weighted by Crippen LogP contribution is 2.35. The van der Waals surface area contributed by atoms with E-state index in [1.54, 1.807) is 12.1 Å². The quantitative estimate of drug-likeness (QED) is 0.745. The Kier molecular flexibility index (Phi) is 6.11. The largest absolute Gasteiger partial charge is 0.489 e. The monoisotopic (exact) mass is 416 g/mol. The highest BCUT2D eigenvalue weighted by molar-refractivity contribution is 6.31. The lowest BCUT2D eigenvalue weighted by Crippen LogP contribution is -2.39. The Balaban J connectivity index is 1.84. The van der Waals surface area contributed by atoms with Crippen LogP contribution in [0.15, 0.2) is 30.3 Å². The van der Waals surface area contributed by atoms with E-state index in [0.717, 1.165) is 5.56 Å². The summed E-state index contributed by atoms with van der Waals surface area (Å²) < 4.78 is 25.3. The van der Waals surface area contributed by atoms with Crippen molar-refractivity contribution in [3.63, 3.8) is 0 Å². The van der Waals surface area contributed by atoms with Crippen LogP contribution in [0.5, 0.6) is 5.75 Å². The molecule has 0 aromatic heterocycles. The van der Waals surface area contributed by atoms with Crippen LogP contribution in [0.1, 0.15) is 49.1 Å². The van der Waals surface area contributed by atoms with Crippen molar-refractivity contribution >= 4 is 17.6 Å². The van der Waals surface area contributed by atoms with Crippen molar-refractivity contribution in [2.75, 3.05) is 6.54 Å². The summed E-state index contributed by atoms with van der Waals surface area (Å²) in [6.45, 7) is 6.01. The van der Waals surface area contributed by atoms with Gasteiger partial charge in [-0.3, -0.25) is 0 Å². The number of hydrogen-bond donors (Lipinski definition) is 1. The molecule has 1 aliphatic rings. The summed E-state index contributed by atoms with van der Waals surface area (Å²) in [5, 5.41) is 12.5. The lowest BCUT2D eigenvalue weighted by Gasteiger charge is -2.29. The van der Waals surface area contributed by atoms with Gasteiger partial charge in [0.2, 0.25) is 0 Å². The maximum Gasteiger partial charge on any atom is 0.328 e. The van der Waals surface area contributed by atoms with E-state index < -0.39 is 17.5 Å². The van der Waals surface area contributed by atoms with Crippen molar-refractivity contribution in [1.29, 1.82) is 5.26 Å². The molecule has 0 saturated heterocycles. The van der Waals surface area contributed by atoms with Crippen LogP contribution in [0.25, 0.3) is 0 Å². The standard InChI is InChI=1S/C22H22ClFN2O3/c1-22(2,3)29-21(27)20-17-9-15(10-18(23)16(17)6-7-26-20)28-12-14-5-4-13(11-25)8-19(14)24/h4-5,8-10,20,26H,6-7,12H2,1-3H3. The molecule has 152 valence electrons. The number of nitrogens with one attached hydrogen (secondary N) is 1. The summed E-state index contributed by atoms with van der Waals surface area (Å²) in [5.41, 5.74) is 1.53. The third-order valence-electron chi connectivity index (χ3n) is 4.46. The number of esters is 1. The molecule has 0 amide bonds. The summed E-state index contributed by atoms with van der Waals surface area (Å²) >= 11 is 6.43. The normalized spacial score (nSPS) is 15.9. The van der Waals surface area contributed by atoms with Crippen LogP contribution in [-0.2, 0) is 22.6 Å². The van der Waals surface area contributed by atoms with Crippen LogP contribution in [0.4, 0.5) is 4.39 Å². The lowest BCUT2D eigenvalue weighted by molar-refractivity contribution is -0.157. The van der Waals surface area contributed by atoms with Gasteiger partial charge in [-0.05, 0) is 62.6 Å². The number of hydrogen-bond acceptors (Lipinski definition) is 5. The molecule has 1 N–H and O–H groups in total. The highest BCUT2D eigenvalue weighted by Gasteiger charge is 2.32. The number of fused-ring (bicyclic) bond motifs is 1. The highest BCUT2D eigenvalue weighted by atomic mass is 35.5. The van der Waals surface area contributed by atoms with Crippen molar-refractivity contribution in [1.82, 2.24) is 5.32 Å². The van der Waals surface area contributed by atoms with Crippen molar-refractivity contribution in [3.8, 4) is 11.8 Å². The summed E-state index contributed by atoms with van der Waals surface area (Å²) in [5.74, 6) is -0.471. The maximum absolute atomic E-state index is 14.1. The molecule has 0 spiro atoms. The molecule has 3 rings (SSSR count). The second-order valence-electron chi connectivity index (χ2n) is 7.85. The number of ether oxygens (including phenoxy) is 2. The molecule has 0 aliphatic carbocycles. The fourth-order valence-electron chi connectivity index (χ4n) is 3.15. The van der Waals surface area contributed by atoms with Gasteiger partial charge in [-0.15, -0.1) is 0 Å². The molecule has 1 atom stereocenters. The fourth-order valence-corrected chi connectivity index (χ4v) is 3.47. The van der Waals surface area contributed by atoms with Gasteiger partial charge < -0.3 is 14.8 Å². The van der Waals surface area contributed by atoms with Crippen molar-refractivity contribution < 1.29 is 18.7 Å². The van der Waals surface area contributed by atoms with Gasteiger partial charge in [0.1, 0.15) is 29.8 Å². The molecule has 2 aromatic rings. The van der Waals surface area contributed by atoms with E-state index >= 15 is 0 Å². The maximum atomic E-state index is 14.1. The first-order valence-electron chi connectivity index (χ1n) is 9.28. The number of nitrogens with zero attached hydrogens (tertiary/aromatic N) is 1. The first-order valence-corrected chi connectivity index (χ1v) is 9.65. The third kappa shape index (κ3) is 5.06. The second-order valence-corrected chi connectivity index (χ2v) is 8.26. The molecule has 29 heavy (non-hydrogen) atoms. The Hall–Kier alpha value is -2.62. The minimum atomic E-state index is -0.648. The van der Waals surface area contributed by atoms with E-state index in [1.165, 1.54) is 18.2 Å². The predicted molar refractivity (Wildman–Crippen MR) is 107 cm³/mol. The van der Waals surface area contributed by atoms with Gasteiger partial charge in [-0.25, -0.2) is 9.18 Å². The SMILES string of the molecule is CC(C)(C)OC(=O)C1NCCc2c(Cl)cc(OCc3ccc(C#N)cc3F)cc21. The van der Waals surface area contributed by atoms with Gasteiger partial charge >= 0.3 is 5.97 Å². The minimum Gasteiger partial charge on any atom is -0.489 e. The van der Waals surface area contributed by atoms with Gasteiger partial charge in [0, 0.05) is 17.1 Å². The molecule has 0 bridgehead atoms. The van der Waals surface area contributed by atoms with Gasteiger partial charge in [0.15, 0.2) is 0 Å². The predicted octanol–water partition coefficient (Wildman–Crippen LogP) is 4.46. The Bertz CT molecular complexity index is 979. The number of nitriles is 1. The van der Waals surface area contributed by atoms with Crippen LogP contribution < -0.4 is 10.1 Å². The summed E-state index contributed by atoms with van der Waals surface area (Å²) in [7, 11) is 0. The molecule has 0 saturated carbocycles. The molecule has 0 radical (unpaired) electrons. The zero-order valence-corrected chi connectivity index (χ0v) is 17.3. The van der Waals surface area contributed by atoms with E-state index in [4.69, 9.17) is 26.3 Å². The number of rotatable bonds is 4. The second kappa shape index (κ2) is 8.40. The number of benzene rings is 2. The van der Waals surface area contributed by atoms with Crippen LogP contribution in [0.3, 0.4) is 0 Å². The summed E-state index contributed by atoms with van der Waals surface area (Å²) in [6, 6.07) is 8.86. The molecule has 0 fully saturated rings. The smallest absolute Gasteiger partial charge is 0.328 e. The van der Waals surface area contributed by atoms with Crippen LogP contribution in [-0.4, -0.2) is 18.1 Å². The van der Waals surface area contributed by atoms with E-state index in [0.29, 0.717) is 34.9 Å². The molecule has 1 heterocycles. The third-order valence-corrected chi connectivity index (χ3v) is 4.79. The van der Waals surface area contributed by atoms with Gasteiger partial charge in [0.05, 0.1) is 11.6 Å². The Morgan fingerprint density at radius 3 is 2.76 bits per heavy atom. The molecule has 1 aliphatic heterocycles. The zero-order valence-electron chi connectivity index (χ0n) is 16.5. The molecule has 2 aromatic carbocycles. The van der Waals surface area contributed by atoms with Crippen molar-refractivity contribution in [2.45, 2.75) is 45.4 Å². The molecular weight excluding hydrogens is 395 g/mol.